The van der Waals surface area contributed by atoms with Gasteiger partial charge in [-0.2, -0.15) is 0 Å². The van der Waals surface area contributed by atoms with Gasteiger partial charge in [-0.25, -0.2) is 0 Å². The fourth-order valence-corrected chi connectivity index (χ4v) is 3.82. The maximum absolute atomic E-state index is 12.6. The lowest BCUT2D eigenvalue weighted by molar-refractivity contribution is -0.121. The number of nitrogens with zero attached hydrogens (tertiary/aromatic N) is 1. The largest absolute Gasteiger partial charge is 0.324 e. The van der Waals surface area contributed by atoms with Crippen molar-refractivity contribution in [1.29, 1.82) is 0 Å². The lowest BCUT2D eigenvalue weighted by Crippen LogP contribution is -2.40. The van der Waals surface area contributed by atoms with Crippen LogP contribution in [0.3, 0.4) is 0 Å². The van der Waals surface area contributed by atoms with Gasteiger partial charge >= 0.3 is 0 Å². The van der Waals surface area contributed by atoms with Crippen LogP contribution in [-0.2, 0) is 11.3 Å². The zero-order chi connectivity index (χ0) is 17.8. The van der Waals surface area contributed by atoms with Gasteiger partial charge in [0.15, 0.2) is 0 Å². The van der Waals surface area contributed by atoms with Gasteiger partial charge in [0.05, 0.1) is 16.6 Å². The smallest absolute Gasteiger partial charge is 0.228 e. The van der Waals surface area contributed by atoms with Crippen molar-refractivity contribution in [2.45, 2.75) is 19.4 Å². The van der Waals surface area contributed by atoms with E-state index >= 15 is 0 Å². The molecule has 6 heteroatoms. The second-order valence-corrected chi connectivity index (χ2v) is 7.47. The Morgan fingerprint density at radius 3 is 2.44 bits per heavy atom. The molecule has 3 nitrogen and oxygen atoms in total. The summed E-state index contributed by atoms with van der Waals surface area (Å²) in [7, 11) is 0. The van der Waals surface area contributed by atoms with Crippen LogP contribution in [0.25, 0.3) is 0 Å². The van der Waals surface area contributed by atoms with Crippen molar-refractivity contribution in [3.63, 3.8) is 0 Å². The third kappa shape index (κ3) is 4.68. The van der Waals surface area contributed by atoms with E-state index in [0.717, 1.165) is 24.9 Å². The second kappa shape index (κ2) is 8.41. The molecule has 25 heavy (non-hydrogen) atoms. The van der Waals surface area contributed by atoms with Crippen molar-refractivity contribution < 1.29 is 4.79 Å². The monoisotopic (exact) mass is 396 g/mol. The summed E-state index contributed by atoms with van der Waals surface area (Å²) >= 11 is 18.7. The van der Waals surface area contributed by atoms with Gasteiger partial charge < -0.3 is 5.32 Å². The lowest BCUT2D eigenvalue weighted by atomic mass is 9.96. The molecule has 132 valence electrons. The van der Waals surface area contributed by atoms with Gasteiger partial charge in [-0.05, 0) is 43.7 Å². The molecule has 1 saturated heterocycles. The van der Waals surface area contributed by atoms with Crippen LogP contribution in [0.15, 0.2) is 42.5 Å². The standard InChI is InChI=1S/C19H19Cl3N2O/c20-15-7-3-8-16(21)14(15)12-24-10-4-5-13(11-24)19(25)23-18-9-2-1-6-17(18)22/h1-3,6-9,13H,4-5,10-12H2,(H,23,25). The Labute approximate surface area is 162 Å². The van der Waals surface area contributed by atoms with E-state index in [2.05, 4.69) is 10.2 Å². The van der Waals surface area contributed by atoms with Gasteiger partial charge in [0.2, 0.25) is 5.91 Å². The third-order valence-electron chi connectivity index (χ3n) is 4.45. The molecule has 1 N–H and O–H groups in total. The first-order valence-corrected chi connectivity index (χ1v) is 9.38. The molecule has 2 aromatic rings. The zero-order valence-corrected chi connectivity index (χ0v) is 15.9. The molecule has 3 rings (SSSR count). The molecule has 1 unspecified atom stereocenters. The number of para-hydroxylation sites is 1. The maximum atomic E-state index is 12.6. The Hall–Kier alpha value is -1.26. The molecule has 2 aromatic carbocycles. The molecule has 0 aliphatic carbocycles. The molecule has 1 aliphatic heterocycles. The number of anilines is 1. The SMILES string of the molecule is O=C(Nc1ccccc1Cl)C1CCCN(Cc2c(Cl)cccc2Cl)C1. The Morgan fingerprint density at radius 1 is 1.04 bits per heavy atom. The first-order chi connectivity index (χ1) is 12.0. The van der Waals surface area contributed by atoms with Crippen LogP contribution in [-0.4, -0.2) is 23.9 Å². The quantitative estimate of drug-likeness (QED) is 0.739. The molecule has 1 aliphatic rings. The minimum Gasteiger partial charge on any atom is -0.324 e. The van der Waals surface area contributed by atoms with Crippen LogP contribution < -0.4 is 5.32 Å². The molecule has 1 fully saturated rings. The number of hydrogen-bond donors (Lipinski definition) is 1. The van der Waals surface area contributed by atoms with E-state index < -0.39 is 0 Å². The second-order valence-electron chi connectivity index (χ2n) is 6.24. The van der Waals surface area contributed by atoms with E-state index in [-0.39, 0.29) is 11.8 Å². The number of piperidine rings is 1. The Kier molecular flexibility index (Phi) is 6.24. The van der Waals surface area contributed by atoms with Crippen molar-refractivity contribution in [2.75, 3.05) is 18.4 Å². The first-order valence-electron chi connectivity index (χ1n) is 8.25. The van der Waals surface area contributed by atoms with E-state index in [1.165, 1.54) is 0 Å². The molecular weight excluding hydrogens is 379 g/mol. The van der Waals surface area contributed by atoms with E-state index in [1.54, 1.807) is 6.07 Å². The lowest BCUT2D eigenvalue weighted by Gasteiger charge is -2.32. The molecule has 1 amide bonds. The van der Waals surface area contributed by atoms with Crippen LogP contribution in [0.2, 0.25) is 15.1 Å². The van der Waals surface area contributed by atoms with E-state index in [4.69, 9.17) is 34.8 Å². The van der Waals surface area contributed by atoms with E-state index in [1.807, 2.05) is 36.4 Å². The summed E-state index contributed by atoms with van der Waals surface area (Å²) in [5, 5.41) is 4.81. The number of carbonyl (C=O) groups excluding carboxylic acids is 1. The molecule has 1 heterocycles. The van der Waals surface area contributed by atoms with Gasteiger partial charge in [0.25, 0.3) is 0 Å². The number of nitrogens with one attached hydrogen (secondary N) is 1. The summed E-state index contributed by atoms with van der Waals surface area (Å²) in [5.74, 6) is -0.0747. The van der Waals surface area contributed by atoms with Gasteiger partial charge in [0, 0.05) is 28.7 Å². The highest BCUT2D eigenvalue weighted by atomic mass is 35.5. The highest BCUT2D eigenvalue weighted by molar-refractivity contribution is 6.36. The molecule has 0 saturated carbocycles. The average molecular weight is 398 g/mol. The van der Waals surface area contributed by atoms with Crippen LogP contribution in [0.5, 0.6) is 0 Å². The molecular formula is C19H19Cl3N2O. The number of carbonyl (C=O) groups is 1. The zero-order valence-electron chi connectivity index (χ0n) is 13.6. The van der Waals surface area contributed by atoms with Crippen LogP contribution in [0.1, 0.15) is 18.4 Å². The predicted molar refractivity (Wildman–Crippen MR) is 105 cm³/mol. The molecule has 0 spiro atoms. The maximum Gasteiger partial charge on any atom is 0.228 e. The number of hydrogen-bond acceptors (Lipinski definition) is 2. The number of likely N-dealkylation sites (tertiary alicyclic amines) is 1. The fraction of sp³-hybridized carbons (Fsp3) is 0.316. The van der Waals surface area contributed by atoms with Crippen LogP contribution in [0.4, 0.5) is 5.69 Å². The molecule has 0 bridgehead atoms. The van der Waals surface area contributed by atoms with Crippen LogP contribution >= 0.6 is 34.8 Å². The van der Waals surface area contributed by atoms with E-state index in [9.17, 15) is 4.79 Å². The fourth-order valence-electron chi connectivity index (χ4n) is 3.12. The highest BCUT2D eigenvalue weighted by Gasteiger charge is 2.27. The number of benzene rings is 2. The van der Waals surface area contributed by atoms with Gasteiger partial charge in [-0.1, -0.05) is 53.0 Å². The number of amides is 1. The summed E-state index contributed by atoms with van der Waals surface area (Å²) in [6.45, 7) is 2.25. The van der Waals surface area contributed by atoms with Gasteiger partial charge in [-0.3, -0.25) is 9.69 Å². The summed E-state index contributed by atoms with van der Waals surface area (Å²) in [6, 6.07) is 12.8. The minimum absolute atomic E-state index is 0.00283. The van der Waals surface area contributed by atoms with Crippen LogP contribution in [0, 0.1) is 5.92 Å². The van der Waals surface area contributed by atoms with Crippen molar-refractivity contribution in [3.8, 4) is 0 Å². The van der Waals surface area contributed by atoms with Gasteiger partial charge in [-0.15, -0.1) is 0 Å². The minimum atomic E-state index is -0.0775. The Morgan fingerprint density at radius 2 is 1.72 bits per heavy atom. The third-order valence-corrected chi connectivity index (χ3v) is 5.49. The van der Waals surface area contributed by atoms with Crippen molar-refractivity contribution in [3.05, 3.63) is 63.1 Å². The summed E-state index contributed by atoms with van der Waals surface area (Å²) in [6.07, 6.45) is 1.83. The summed E-state index contributed by atoms with van der Waals surface area (Å²) < 4.78 is 0. The summed E-state index contributed by atoms with van der Waals surface area (Å²) in [5.41, 5.74) is 1.57. The van der Waals surface area contributed by atoms with Crippen molar-refractivity contribution in [2.24, 2.45) is 5.92 Å². The average Bonchev–Trinajstić information content (AvgIpc) is 2.60. The topological polar surface area (TPSA) is 32.3 Å². The predicted octanol–water partition coefficient (Wildman–Crippen LogP) is 5.50. The first kappa shape index (κ1) is 18.5. The number of halogens is 3. The molecule has 1 atom stereocenters. The normalized spacial score (nSPS) is 18.1. The molecule has 0 radical (unpaired) electrons. The molecule has 0 aromatic heterocycles. The number of rotatable bonds is 4. The van der Waals surface area contributed by atoms with E-state index in [0.29, 0.717) is 33.8 Å². The summed E-state index contributed by atoms with van der Waals surface area (Å²) in [4.78, 5) is 14.8. The highest BCUT2D eigenvalue weighted by Crippen LogP contribution is 2.28. The Bertz CT molecular complexity index is 746. The van der Waals surface area contributed by atoms with Gasteiger partial charge in [0.1, 0.15) is 0 Å². The van der Waals surface area contributed by atoms with Crippen molar-refractivity contribution >= 4 is 46.4 Å². The Balaban J connectivity index is 1.65. The van der Waals surface area contributed by atoms with Crippen molar-refractivity contribution in [1.82, 2.24) is 4.90 Å².